The van der Waals surface area contributed by atoms with Gasteiger partial charge in [0.2, 0.25) is 18.2 Å². The van der Waals surface area contributed by atoms with Crippen LogP contribution in [0, 0.1) is 11.3 Å². The molecule has 0 bridgehead atoms. The SMILES string of the molecule is O=CN1CCN(C(=O)CN2CCN(CC3CCN(C(=O)c4ncc(C5CC6(COC6)C5)cc4NC(=O)CNCc4ccncn4)CC3)CC2)CC1. The lowest BCUT2D eigenvalue weighted by Gasteiger charge is -2.53. The van der Waals surface area contributed by atoms with Crippen LogP contribution in [0.15, 0.2) is 30.9 Å². The van der Waals surface area contributed by atoms with Crippen LogP contribution in [-0.4, -0.2) is 162 Å². The van der Waals surface area contributed by atoms with E-state index in [1.165, 1.54) is 6.33 Å². The first-order valence-electron chi connectivity index (χ1n) is 18.4. The van der Waals surface area contributed by atoms with Gasteiger partial charge in [-0.05, 0) is 55.2 Å². The van der Waals surface area contributed by atoms with Gasteiger partial charge in [-0.1, -0.05) is 0 Å². The number of aromatic nitrogens is 3. The minimum Gasteiger partial charge on any atom is -0.380 e. The fraction of sp³-hybridized carbons (Fsp3) is 0.639. The highest BCUT2D eigenvalue weighted by Crippen LogP contribution is 2.55. The van der Waals surface area contributed by atoms with Crippen LogP contribution in [0.1, 0.15) is 53.3 Å². The molecule has 1 spiro atoms. The lowest BCUT2D eigenvalue weighted by atomic mass is 9.59. The van der Waals surface area contributed by atoms with Crippen molar-refractivity contribution in [3.63, 3.8) is 0 Å². The number of amides is 4. The molecule has 4 saturated heterocycles. The molecule has 51 heavy (non-hydrogen) atoms. The van der Waals surface area contributed by atoms with E-state index in [-0.39, 0.29) is 24.3 Å². The molecule has 2 aromatic rings. The molecule has 0 aromatic carbocycles. The van der Waals surface area contributed by atoms with Gasteiger partial charge in [-0.3, -0.25) is 24.1 Å². The molecule has 6 heterocycles. The topological polar surface area (TPSA) is 156 Å². The molecule has 15 nitrogen and oxygen atoms in total. The number of carbonyl (C=O) groups is 4. The van der Waals surface area contributed by atoms with Crippen LogP contribution in [0.3, 0.4) is 0 Å². The number of ether oxygens (including phenoxy) is 1. The number of anilines is 1. The van der Waals surface area contributed by atoms with E-state index in [1.807, 2.05) is 22.1 Å². The molecule has 274 valence electrons. The Kier molecular flexibility index (Phi) is 11.2. The molecule has 4 amide bonds. The van der Waals surface area contributed by atoms with Crippen molar-refractivity contribution in [2.24, 2.45) is 11.3 Å². The molecule has 2 N–H and O–H groups in total. The Bertz CT molecular complexity index is 1530. The first kappa shape index (κ1) is 35.4. The van der Waals surface area contributed by atoms with Crippen molar-refractivity contribution >= 4 is 29.8 Å². The van der Waals surface area contributed by atoms with Crippen LogP contribution < -0.4 is 10.6 Å². The Morgan fingerprint density at radius 3 is 2.33 bits per heavy atom. The largest absolute Gasteiger partial charge is 0.380 e. The molecule has 5 fully saturated rings. The van der Waals surface area contributed by atoms with E-state index in [9.17, 15) is 19.2 Å². The van der Waals surface area contributed by atoms with Crippen molar-refractivity contribution in [2.75, 3.05) is 104 Å². The van der Waals surface area contributed by atoms with Gasteiger partial charge in [0.05, 0.1) is 37.7 Å². The third kappa shape index (κ3) is 8.71. The first-order valence-corrected chi connectivity index (χ1v) is 18.4. The fourth-order valence-electron chi connectivity index (χ4n) is 8.07. The van der Waals surface area contributed by atoms with Gasteiger partial charge in [0.15, 0.2) is 5.69 Å². The lowest BCUT2D eigenvalue weighted by molar-refractivity contribution is -0.164. The van der Waals surface area contributed by atoms with E-state index in [4.69, 9.17) is 4.74 Å². The summed E-state index contributed by atoms with van der Waals surface area (Å²) >= 11 is 0. The van der Waals surface area contributed by atoms with Gasteiger partial charge in [0, 0.05) is 96.3 Å². The van der Waals surface area contributed by atoms with Gasteiger partial charge in [0.1, 0.15) is 6.33 Å². The molecule has 7 rings (SSSR count). The zero-order valence-electron chi connectivity index (χ0n) is 29.4. The summed E-state index contributed by atoms with van der Waals surface area (Å²) in [4.78, 5) is 73.7. The minimum absolute atomic E-state index is 0.0709. The average Bonchev–Trinajstić information content (AvgIpc) is 3.12. The summed E-state index contributed by atoms with van der Waals surface area (Å²) in [7, 11) is 0. The van der Waals surface area contributed by atoms with Gasteiger partial charge in [-0.2, -0.15) is 0 Å². The summed E-state index contributed by atoms with van der Waals surface area (Å²) in [6.45, 7) is 10.8. The highest BCUT2D eigenvalue weighted by atomic mass is 16.5. The van der Waals surface area contributed by atoms with Crippen LogP contribution >= 0.6 is 0 Å². The van der Waals surface area contributed by atoms with E-state index in [0.717, 1.165) is 89.3 Å². The second kappa shape index (κ2) is 16.1. The van der Waals surface area contributed by atoms with Crippen molar-refractivity contribution < 1.29 is 23.9 Å². The number of likely N-dealkylation sites (tertiary alicyclic amines) is 1. The fourth-order valence-corrected chi connectivity index (χ4v) is 8.07. The van der Waals surface area contributed by atoms with E-state index >= 15 is 0 Å². The van der Waals surface area contributed by atoms with E-state index in [1.54, 1.807) is 17.2 Å². The molecule has 5 aliphatic rings. The predicted molar refractivity (Wildman–Crippen MR) is 188 cm³/mol. The zero-order chi connectivity index (χ0) is 35.2. The molecular weight excluding hydrogens is 652 g/mol. The van der Waals surface area contributed by atoms with Crippen LogP contribution in [0.5, 0.6) is 0 Å². The molecule has 0 atom stereocenters. The van der Waals surface area contributed by atoms with Gasteiger partial charge < -0.3 is 35.0 Å². The number of nitrogens with zero attached hydrogens (tertiary/aromatic N) is 8. The Morgan fingerprint density at radius 1 is 0.922 bits per heavy atom. The number of rotatable bonds is 12. The smallest absolute Gasteiger partial charge is 0.274 e. The van der Waals surface area contributed by atoms with E-state index in [2.05, 4.69) is 35.4 Å². The summed E-state index contributed by atoms with van der Waals surface area (Å²) < 4.78 is 5.46. The number of pyridine rings is 1. The second-order valence-corrected chi connectivity index (χ2v) is 14.9. The summed E-state index contributed by atoms with van der Waals surface area (Å²) in [6, 6.07) is 3.75. The number of piperidine rings is 1. The predicted octanol–water partition coefficient (Wildman–Crippen LogP) is 0.264. The molecule has 1 saturated carbocycles. The monoisotopic (exact) mass is 702 g/mol. The number of hydrogen-bond acceptors (Lipinski definition) is 11. The molecule has 0 radical (unpaired) electrons. The summed E-state index contributed by atoms with van der Waals surface area (Å²) in [5.74, 6) is 0.602. The normalized spacial score (nSPS) is 21.6. The Hall–Kier alpha value is -4.05. The number of carbonyl (C=O) groups excluding carboxylic acids is 4. The van der Waals surface area contributed by atoms with Gasteiger partial charge in [-0.15, -0.1) is 0 Å². The Labute approximate surface area is 299 Å². The highest BCUT2D eigenvalue weighted by Gasteiger charge is 2.50. The van der Waals surface area contributed by atoms with Crippen molar-refractivity contribution in [1.82, 2.24) is 44.8 Å². The average molecular weight is 703 g/mol. The Balaban J connectivity index is 0.887. The van der Waals surface area contributed by atoms with Gasteiger partial charge >= 0.3 is 0 Å². The second-order valence-electron chi connectivity index (χ2n) is 14.9. The minimum atomic E-state index is -0.241. The number of nitrogens with one attached hydrogen (secondary N) is 2. The third-order valence-electron chi connectivity index (χ3n) is 11.3. The lowest BCUT2D eigenvalue weighted by Crippen LogP contribution is -2.54. The van der Waals surface area contributed by atoms with Crippen molar-refractivity contribution in [2.45, 2.75) is 38.1 Å². The maximum atomic E-state index is 13.9. The number of hydrogen-bond donors (Lipinski definition) is 2. The summed E-state index contributed by atoms with van der Waals surface area (Å²) in [5, 5.41) is 6.11. The van der Waals surface area contributed by atoms with Crippen molar-refractivity contribution in [3.8, 4) is 0 Å². The first-order chi connectivity index (χ1) is 24.9. The van der Waals surface area contributed by atoms with E-state index < -0.39 is 0 Å². The van der Waals surface area contributed by atoms with Crippen molar-refractivity contribution in [3.05, 3.63) is 47.8 Å². The molecule has 4 aliphatic heterocycles. The molecule has 0 unspecified atom stereocenters. The quantitative estimate of drug-likeness (QED) is 0.293. The molecule has 2 aromatic heterocycles. The Morgan fingerprint density at radius 2 is 1.67 bits per heavy atom. The molecule has 15 heteroatoms. The summed E-state index contributed by atoms with van der Waals surface area (Å²) in [6.07, 6.45) is 9.72. The van der Waals surface area contributed by atoms with Gasteiger partial charge in [0.25, 0.3) is 5.91 Å². The zero-order valence-corrected chi connectivity index (χ0v) is 29.4. The maximum absolute atomic E-state index is 13.9. The van der Waals surface area contributed by atoms with Crippen LogP contribution in [0.4, 0.5) is 5.69 Å². The van der Waals surface area contributed by atoms with Crippen LogP contribution in [-0.2, 0) is 25.7 Å². The third-order valence-corrected chi connectivity index (χ3v) is 11.3. The van der Waals surface area contributed by atoms with Crippen LogP contribution in [0.2, 0.25) is 0 Å². The van der Waals surface area contributed by atoms with Crippen molar-refractivity contribution in [1.29, 1.82) is 0 Å². The number of piperazine rings is 2. The maximum Gasteiger partial charge on any atom is 0.274 e. The van der Waals surface area contributed by atoms with E-state index in [0.29, 0.717) is 81.0 Å². The van der Waals surface area contributed by atoms with Crippen LogP contribution in [0.25, 0.3) is 0 Å². The molecular formula is C36H50N10O5. The highest BCUT2D eigenvalue weighted by molar-refractivity contribution is 6.02. The van der Waals surface area contributed by atoms with Gasteiger partial charge in [-0.25, -0.2) is 15.0 Å². The summed E-state index contributed by atoms with van der Waals surface area (Å²) in [5.41, 5.74) is 2.89. The molecule has 1 aliphatic carbocycles. The standard InChI is InChI=1S/C36H50N10O5/c47-26-44-11-13-45(14-12-44)33(49)22-43-9-7-42(8-10-43)21-27-2-5-46(6-3-27)35(50)34-31(41-32(48)20-38-19-30-1-4-37-25-40-30)15-28(18-39-34)29-16-36(17-29)23-51-24-36/h1,4,15,18,25-27,29,38H,2-3,5-14,16-17,19-24H2,(H,41,48).